The number of likely N-dealkylation sites (tertiary alicyclic amines) is 1. The van der Waals surface area contributed by atoms with Gasteiger partial charge in [-0.05, 0) is 91.0 Å². The van der Waals surface area contributed by atoms with Crippen molar-refractivity contribution in [2.75, 3.05) is 49.6 Å². The fraction of sp³-hybridized carbons (Fsp3) is 0.733. The Kier molecular flexibility index (Phi) is 9.11. The molecule has 0 unspecified atom stereocenters. The maximum Gasteiger partial charge on any atom is 0.528 e. The van der Waals surface area contributed by atoms with E-state index in [4.69, 9.17) is 9.57 Å². The highest BCUT2D eigenvalue weighted by Crippen LogP contribution is 2.40. The summed E-state index contributed by atoms with van der Waals surface area (Å²) in [5.41, 5.74) is -0.0882. The van der Waals surface area contributed by atoms with Crippen molar-refractivity contribution in [1.82, 2.24) is 9.96 Å². The standard InChI is InChI=1S/C30H47FN4O4/c1-7-13-30(14-18-34(19-15-30)39-28(37)38-29(3,4)5)27(36)32(6)26-11-10-23(20-25(26)31)33-17-12-24(21-33)35-16-8-9-22(35)2/h10-11,20,22,24H,7-9,12-19,21H2,1-6H3/t22-,24-/m0/s1. The van der Waals surface area contributed by atoms with Crippen LogP contribution in [0, 0.1) is 11.2 Å². The number of hydroxylamine groups is 2. The summed E-state index contributed by atoms with van der Waals surface area (Å²) in [6.45, 7) is 13.6. The average Bonchev–Trinajstić information content (AvgIpc) is 3.52. The molecule has 0 N–H and O–H groups in total. The highest BCUT2D eigenvalue weighted by atomic mass is 19.1. The van der Waals surface area contributed by atoms with Crippen molar-refractivity contribution in [3.8, 4) is 0 Å². The SMILES string of the molecule is CCCC1(C(=O)N(C)c2ccc(N3CC[C@H](N4CCC[C@@H]4C)C3)cc2F)CCN(OC(=O)OC(C)(C)C)CC1. The molecule has 0 bridgehead atoms. The summed E-state index contributed by atoms with van der Waals surface area (Å²) in [6, 6.07) is 6.42. The minimum Gasteiger partial charge on any atom is -0.427 e. The number of ether oxygens (including phenoxy) is 1. The molecule has 3 aliphatic heterocycles. The summed E-state index contributed by atoms with van der Waals surface area (Å²) in [6.07, 6.45) is 5.45. The van der Waals surface area contributed by atoms with E-state index >= 15 is 4.39 Å². The van der Waals surface area contributed by atoms with E-state index in [9.17, 15) is 9.59 Å². The maximum atomic E-state index is 15.5. The molecule has 4 rings (SSSR count). The first-order valence-electron chi connectivity index (χ1n) is 14.7. The number of carbonyl (C=O) groups is 2. The Balaban J connectivity index is 1.39. The number of carbonyl (C=O) groups excluding carboxylic acids is 2. The van der Waals surface area contributed by atoms with E-state index in [1.54, 1.807) is 45.0 Å². The zero-order valence-electron chi connectivity index (χ0n) is 24.7. The van der Waals surface area contributed by atoms with Gasteiger partial charge in [0.2, 0.25) is 5.91 Å². The molecule has 9 heteroatoms. The molecular weight excluding hydrogens is 499 g/mol. The second-order valence-electron chi connectivity index (χ2n) is 12.6. The Morgan fingerprint density at radius 1 is 1.13 bits per heavy atom. The van der Waals surface area contributed by atoms with Crippen molar-refractivity contribution in [2.24, 2.45) is 5.41 Å². The van der Waals surface area contributed by atoms with Gasteiger partial charge in [-0.1, -0.05) is 13.3 Å². The Labute approximate surface area is 233 Å². The summed E-state index contributed by atoms with van der Waals surface area (Å²) in [4.78, 5) is 37.7. The van der Waals surface area contributed by atoms with Gasteiger partial charge in [0.25, 0.3) is 0 Å². The predicted molar refractivity (Wildman–Crippen MR) is 151 cm³/mol. The minimum absolute atomic E-state index is 0.0859. The number of hydrogen-bond acceptors (Lipinski definition) is 7. The van der Waals surface area contributed by atoms with Gasteiger partial charge in [0, 0.05) is 51.0 Å². The third-order valence-electron chi connectivity index (χ3n) is 8.65. The fourth-order valence-corrected chi connectivity index (χ4v) is 6.60. The Bertz CT molecular complexity index is 1020. The van der Waals surface area contributed by atoms with Gasteiger partial charge in [0.05, 0.1) is 11.1 Å². The highest BCUT2D eigenvalue weighted by Gasteiger charge is 2.44. The van der Waals surface area contributed by atoms with Crippen LogP contribution in [0.1, 0.15) is 79.6 Å². The van der Waals surface area contributed by atoms with Crippen molar-refractivity contribution in [3.63, 3.8) is 0 Å². The molecule has 1 aromatic rings. The van der Waals surface area contributed by atoms with Gasteiger partial charge in [-0.3, -0.25) is 9.69 Å². The minimum atomic E-state index is -0.740. The first kappa shape index (κ1) is 29.6. The average molecular weight is 547 g/mol. The lowest BCUT2D eigenvalue weighted by Crippen LogP contribution is -2.50. The maximum absolute atomic E-state index is 15.5. The quantitative estimate of drug-likeness (QED) is 0.413. The number of anilines is 2. The lowest BCUT2D eigenvalue weighted by Gasteiger charge is -2.41. The van der Waals surface area contributed by atoms with E-state index in [0.717, 1.165) is 38.2 Å². The number of halogens is 1. The van der Waals surface area contributed by atoms with Gasteiger partial charge in [-0.25, -0.2) is 9.18 Å². The van der Waals surface area contributed by atoms with Gasteiger partial charge >= 0.3 is 6.16 Å². The molecule has 0 radical (unpaired) electrons. The molecule has 1 aromatic carbocycles. The number of amides is 1. The van der Waals surface area contributed by atoms with Gasteiger partial charge in [0.1, 0.15) is 11.4 Å². The Hall–Kier alpha value is -2.39. The number of rotatable bonds is 7. The van der Waals surface area contributed by atoms with Gasteiger partial charge in [-0.15, -0.1) is 5.06 Å². The Morgan fingerprint density at radius 3 is 2.44 bits per heavy atom. The molecule has 0 aromatic heterocycles. The second-order valence-corrected chi connectivity index (χ2v) is 12.6. The first-order valence-corrected chi connectivity index (χ1v) is 14.7. The van der Waals surface area contributed by atoms with Crippen molar-refractivity contribution in [3.05, 3.63) is 24.0 Å². The van der Waals surface area contributed by atoms with Crippen LogP contribution in [0.25, 0.3) is 0 Å². The largest absolute Gasteiger partial charge is 0.528 e. The van der Waals surface area contributed by atoms with Crippen LogP contribution in [0.15, 0.2) is 18.2 Å². The van der Waals surface area contributed by atoms with Crippen LogP contribution in [0.3, 0.4) is 0 Å². The smallest absolute Gasteiger partial charge is 0.427 e. The summed E-state index contributed by atoms with van der Waals surface area (Å²) >= 11 is 0. The molecule has 0 saturated carbocycles. The normalized spacial score (nSPS) is 24.1. The topological polar surface area (TPSA) is 65.6 Å². The summed E-state index contributed by atoms with van der Waals surface area (Å²) in [5, 5.41) is 1.57. The highest BCUT2D eigenvalue weighted by molar-refractivity contribution is 5.97. The third-order valence-corrected chi connectivity index (χ3v) is 8.65. The molecular formula is C30H47FN4O4. The molecule has 0 spiro atoms. The molecule has 39 heavy (non-hydrogen) atoms. The van der Waals surface area contributed by atoms with Gasteiger partial charge in [0.15, 0.2) is 0 Å². The first-order chi connectivity index (χ1) is 18.4. The van der Waals surface area contributed by atoms with Crippen LogP contribution in [0.4, 0.5) is 20.6 Å². The molecule has 3 saturated heterocycles. The van der Waals surface area contributed by atoms with Crippen LogP contribution in [0.5, 0.6) is 0 Å². The van der Waals surface area contributed by atoms with Crippen molar-refractivity contribution in [2.45, 2.75) is 97.2 Å². The number of benzene rings is 1. The van der Waals surface area contributed by atoms with Crippen molar-refractivity contribution >= 4 is 23.4 Å². The van der Waals surface area contributed by atoms with E-state index < -0.39 is 17.2 Å². The van der Waals surface area contributed by atoms with E-state index in [0.29, 0.717) is 50.1 Å². The van der Waals surface area contributed by atoms with Crippen LogP contribution >= 0.6 is 0 Å². The van der Waals surface area contributed by atoms with Crippen LogP contribution in [-0.4, -0.2) is 79.5 Å². The van der Waals surface area contributed by atoms with Crippen LogP contribution in [0.2, 0.25) is 0 Å². The zero-order valence-corrected chi connectivity index (χ0v) is 24.7. The molecule has 218 valence electrons. The molecule has 8 nitrogen and oxygen atoms in total. The molecule has 2 atom stereocenters. The number of piperidine rings is 1. The van der Waals surface area contributed by atoms with E-state index in [-0.39, 0.29) is 11.7 Å². The third kappa shape index (κ3) is 6.85. The fourth-order valence-electron chi connectivity index (χ4n) is 6.60. The summed E-state index contributed by atoms with van der Waals surface area (Å²) < 4.78 is 20.7. The zero-order chi connectivity index (χ0) is 28.4. The van der Waals surface area contributed by atoms with Crippen LogP contribution < -0.4 is 9.80 Å². The van der Waals surface area contributed by atoms with E-state index in [1.165, 1.54) is 17.7 Å². The lowest BCUT2D eigenvalue weighted by atomic mass is 9.74. The Morgan fingerprint density at radius 2 is 1.85 bits per heavy atom. The molecule has 3 fully saturated rings. The predicted octanol–water partition coefficient (Wildman–Crippen LogP) is 5.60. The molecule has 3 heterocycles. The molecule has 1 amide bonds. The number of nitrogens with zero attached hydrogens (tertiary/aromatic N) is 4. The molecule has 0 aliphatic carbocycles. The van der Waals surface area contributed by atoms with Gasteiger partial charge in [-0.2, -0.15) is 0 Å². The summed E-state index contributed by atoms with van der Waals surface area (Å²) in [5.74, 6) is -0.462. The van der Waals surface area contributed by atoms with E-state index in [1.807, 2.05) is 6.07 Å². The number of hydrogen-bond donors (Lipinski definition) is 0. The summed E-state index contributed by atoms with van der Waals surface area (Å²) in [7, 11) is 1.67. The monoisotopic (exact) mass is 546 g/mol. The second kappa shape index (κ2) is 12.0. The van der Waals surface area contributed by atoms with E-state index in [2.05, 4.69) is 23.6 Å². The molecule has 3 aliphatic rings. The van der Waals surface area contributed by atoms with Gasteiger partial charge < -0.3 is 19.4 Å². The van der Waals surface area contributed by atoms with Crippen molar-refractivity contribution < 1.29 is 23.6 Å². The van der Waals surface area contributed by atoms with Crippen LogP contribution in [-0.2, 0) is 14.4 Å². The lowest BCUT2D eigenvalue weighted by molar-refractivity contribution is -0.168. The van der Waals surface area contributed by atoms with Crippen molar-refractivity contribution in [1.29, 1.82) is 0 Å².